The van der Waals surface area contributed by atoms with Crippen LogP contribution >= 0.6 is 11.3 Å². The van der Waals surface area contributed by atoms with E-state index < -0.39 is 0 Å². The van der Waals surface area contributed by atoms with E-state index >= 15 is 0 Å². The summed E-state index contributed by atoms with van der Waals surface area (Å²) in [5, 5.41) is 7.11. The first-order valence-electron chi connectivity index (χ1n) is 8.71. The van der Waals surface area contributed by atoms with Crippen LogP contribution in [0.5, 0.6) is 0 Å². The number of carbonyl (C=O) groups is 2. The summed E-state index contributed by atoms with van der Waals surface area (Å²) in [4.78, 5) is 26.2. The van der Waals surface area contributed by atoms with Crippen LogP contribution in [-0.2, 0) is 20.7 Å². The lowest BCUT2D eigenvalue weighted by Gasteiger charge is -2.38. The molecule has 2 saturated heterocycles. The number of hydrogen-bond acceptors (Lipinski definition) is 4. The zero-order valence-electron chi connectivity index (χ0n) is 14.4. The SMILES string of the molecule is CC(C)C(=O)N[C@H]1COC2(CCN(C(=O)Cc3ccsc3)CC2)C1. The topological polar surface area (TPSA) is 58.6 Å². The maximum absolute atomic E-state index is 12.4. The molecular weight excluding hydrogens is 324 g/mol. The molecule has 0 aromatic carbocycles. The first-order chi connectivity index (χ1) is 11.5. The smallest absolute Gasteiger partial charge is 0.227 e. The maximum Gasteiger partial charge on any atom is 0.227 e. The van der Waals surface area contributed by atoms with Crippen LogP contribution in [0.15, 0.2) is 16.8 Å². The van der Waals surface area contributed by atoms with E-state index in [1.54, 1.807) is 11.3 Å². The predicted octanol–water partition coefficient (Wildman–Crippen LogP) is 2.21. The lowest BCUT2D eigenvalue weighted by molar-refractivity contribution is -0.135. The number of nitrogens with one attached hydrogen (secondary N) is 1. The van der Waals surface area contributed by atoms with E-state index in [0.29, 0.717) is 13.0 Å². The summed E-state index contributed by atoms with van der Waals surface area (Å²) in [6.07, 6.45) is 3.06. The molecule has 24 heavy (non-hydrogen) atoms. The van der Waals surface area contributed by atoms with E-state index in [2.05, 4.69) is 5.32 Å². The van der Waals surface area contributed by atoms with Crippen LogP contribution in [-0.4, -0.2) is 48.1 Å². The highest BCUT2D eigenvalue weighted by atomic mass is 32.1. The number of ether oxygens (including phenoxy) is 1. The number of piperidine rings is 1. The number of nitrogens with zero attached hydrogens (tertiary/aromatic N) is 1. The van der Waals surface area contributed by atoms with Crippen molar-refractivity contribution >= 4 is 23.2 Å². The van der Waals surface area contributed by atoms with Gasteiger partial charge in [0.25, 0.3) is 0 Å². The van der Waals surface area contributed by atoms with E-state index in [-0.39, 0.29) is 29.4 Å². The van der Waals surface area contributed by atoms with Gasteiger partial charge in [-0.15, -0.1) is 0 Å². The van der Waals surface area contributed by atoms with Crippen LogP contribution in [0.4, 0.5) is 0 Å². The Morgan fingerprint density at radius 2 is 2.17 bits per heavy atom. The van der Waals surface area contributed by atoms with Crippen molar-refractivity contribution in [3.05, 3.63) is 22.4 Å². The third kappa shape index (κ3) is 3.98. The zero-order chi connectivity index (χ0) is 17.2. The van der Waals surface area contributed by atoms with Gasteiger partial charge in [-0.3, -0.25) is 9.59 Å². The minimum absolute atomic E-state index is 0.00174. The minimum Gasteiger partial charge on any atom is -0.373 e. The lowest BCUT2D eigenvalue weighted by atomic mass is 9.87. The summed E-state index contributed by atoms with van der Waals surface area (Å²) in [5.41, 5.74) is 0.938. The molecule has 3 rings (SSSR count). The Bertz CT molecular complexity index is 577. The molecule has 0 bridgehead atoms. The van der Waals surface area contributed by atoms with Gasteiger partial charge >= 0.3 is 0 Å². The molecule has 5 nitrogen and oxygen atoms in total. The molecule has 0 saturated carbocycles. The van der Waals surface area contributed by atoms with Crippen molar-refractivity contribution < 1.29 is 14.3 Å². The largest absolute Gasteiger partial charge is 0.373 e. The molecule has 1 aromatic rings. The molecule has 0 radical (unpaired) electrons. The summed E-state index contributed by atoms with van der Waals surface area (Å²) in [5.74, 6) is 0.285. The number of likely N-dealkylation sites (tertiary alicyclic amines) is 1. The lowest BCUT2D eigenvalue weighted by Crippen LogP contribution is -2.47. The van der Waals surface area contributed by atoms with Gasteiger partial charge in [-0.25, -0.2) is 0 Å². The number of amides is 2. The molecule has 1 atom stereocenters. The zero-order valence-corrected chi connectivity index (χ0v) is 15.2. The molecule has 0 unspecified atom stereocenters. The second-order valence-electron chi connectivity index (χ2n) is 7.25. The van der Waals surface area contributed by atoms with Gasteiger partial charge in [0.1, 0.15) is 0 Å². The molecule has 3 heterocycles. The van der Waals surface area contributed by atoms with Crippen molar-refractivity contribution in [2.24, 2.45) is 5.92 Å². The van der Waals surface area contributed by atoms with E-state index in [0.717, 1.165) is 37.9 Å². The third-order valence-electron chi connectivity index (χ3n) is 5.04. The fourth-order valence-corrected chi connectivity index (χ4v) is 4.17. The Morgan fingerprint density at radius 3 is 2.79 bits per heavy atom. The number of carbonyl (C=O) groups excluding carboxylic acids is 2. The van der Waals surface area contributed by atoms with Crippen molar-refractivity contribution in [1.29, 1.82) is 0 Å². The second-order valence-corrected chi connectivity index (χ2v) is 8.03. The Balaban J connectivity index is 1.48. The number of thiophene rings is 1. The Hall–Kier alpha value is -1.40. The fraction of sp³-hybridized carbons (Fsp3) is 0.667. The predicted molar refractivity (Wildman–Crippen MR) is 93.9 cm³/mol. The van der Waals surface area contributed by atoms with Gasteiger partial charge in [0.2, 0.25) is 11.8 Å². The molecule has 0 aliphatic carbocycles. The van der Waals surface area contributed by atoms with E-state index in [9.17, 15) is 9.59 Å². The van der Waals surface area contributed by atoms with Crippen molar-refractivity contribution in [3.63, 3.8) is 0 Å². The average Bonchev–Trinajstić information content (AvgIpc) is 3.18. The molecule has 132 valence electrons. The van der Waals surface area contributed by atoms with E-state index in [1.165, 1.54) is 0 Å². The summed E-state index contributed by atoms with van der Waals surface area (Å²) in [7, 11) is 0. The molecule has 2 aliphatic heterocycles. The van der Waals surface area contributed by atoms with Gasteiger partial charge in [0.15, 0.2) is 0 Å². The van der Waals surface area contributed by atoms with Crippen molar-refractivity contribution in [2.45, 2.75) is 51.2 Å². The monoisotopic (exact) mass is 350 g/mol. The average molecular weight is 350 g/mol. The van der Waals surface area contributed by atoms with E-state index in [1.807, 2.05) is 35.6 Å². The molecule has 6 heteroatoms. The van der Waals surface area contributed by atoms with Crippen molar-refractivity contribution in [1.82, 2.24) is 10.2 Å². The molecule has 1 aromatic heterocycles. The van der Waals surface area contributed by atoms with Crippen LogP contribution in [0.3, 0.4) is 0 Å². The van der Waals surface area contributed by atoms with Crippen LogP contribution in [0.2, 0.25) is 0 Å². The van der Waals surface area contributed by atoms with Gasteiger partial charge in [-0.2, -0.15) is 11.3 Å². The highest BCUT2D eigenvalue weighted by Gasteiger charge is 2.43. The van der Waals surface area contributed by atoms with Crippen LogP contribution in [0, 0.1) is 5.92 Å². The van der Waals surface area contributed by atoms with Gasteiger partial charge in [-0.05, 0) is 41.7 Å². The van der Waals surface area contributed by atoms with E-state index in [4.69, 9.17) is 4.74 Å². The second kappa shape index (κ2) is 7.23. The normalized spacial score (nSPS) is 23.0. The fourth-order valence-electron chi connectivity index (χ4n) is 3.50. The van der Waals surface area contributed by atoms with Crippen molar-refractivity contribution in [2.75, 3.05) is 19.7 Å². The Labute approximate surface area is 147 Å². The van der Waals surface area contributed by atoms with Crippen LogP contribution in [0.1, 0.15) is 38.7 Å². The molecule has 2 fully saturated rings. The highest BCUT2D eigenvalue weighted by Crippen LogP contribution is 2.36. The molecule has 1 N–H and O–H groups in total. The summed E-state index contributed by atoms with van der Waals surface area (Å²) in [6.45, 7) is 5.87. The number of rotatable bonds is 4. The first kappa shape index (κ1) is 17.4. The molecule has 2 amide bonds. The molecular formula is C18H26N2O3S. The van der Waals surface area contributed by atoms with Crippen molar-refractivity contribution in [3.8, 4) is 0 Å². The summed E-state index contributed by atoms with van der Waals surface area (Å²) in [6, 6.07) is 2.11. The van der Waals surface area contributed by atoms with Gasteiger partial charge in [0, 0.05) is 19.0 Å². The standard InChI is InChI=1S/C18H26N2O3S/c1-13(2)17(22)19-15-10-18(23-11-15)4-6-20(7-5-18)16(21)9-14-3-8-24-12-14/h3,8,12-13,15H,4-7,9-11H2,1-2H3,(H,19,22)/t15-/m1/s1. The van der Waals surface area contributed by atoms with Gasteiger partial charge < -0.3 is 15.0 Å². The summed E-state index contributed by atoms with van der Waals surface area (Å²) < 4.78 is 6.06. The highest BCUT2D eigenvalue weighted by molar-refractivity contribution is 7.08. The Morgan fingerprint density at radius 1 is 1.42 bits per heavy atom. The maximum atomic E-state index is 12.4. The van der Waals surface area contributed by atoms with Gasteiger partial charge in [0.05, 0.1) is 24.7 Å². The minimum atomic E-state index is -0.159. The first-order valence-corrected chi connectivity index (χ1v) is 9.65. The molecule has 1 spiro atoms. The number of hydrogen-bond donors (Lipinski definition) is 1. The quantitative estimate of drug-likeness (QED) is 0.906. The summed E-state index contributed by atoms with van der Waals surface area (Å²) >= 11 is 1.63. The van der Waals surface area contributed by atoms with Crippen LogP contribution in [0.25, 0.3) is 0 Å². The molecule has 2 aliphatic rings. The van der Waals surface area contributed by atoms with Crippen LogP contribution < -0.4 is 5.32 Å². The third-order valence-corrected chi connectivity index (χ3v) is 5.77. The van der Waals surface area contributed by atoms with Gasteiger partial charge in [-0.1, -0.05) is 13.8 Å². The Kier molecular flexibility index (Phi) is 5.25.